The van der Waals surface area contributed by atoms with Gasteiger partial charge in [0.1, 0.15) is 0 Å². The molecular weight excluding hydrogens is 242 g/mol. The number of hydrogen-bond acceptors (Lipinski definition) is 3. The molecular formula is C13H18F2O3. The van der Waals surface area contributed by atoms with E-state index in [4.69, 9.17) is 14.9 Å². The first-order valence-corrected chi connectivity index (χ1v) is 6.01. The Labute approximate surface area is 105 Å². The maximum Gasteiger partial charge on any atom is 0.190 e. The van der Waals surface area contributed by atoms with Gasteiger partial charge in [-0.2, -0.15) is 0 Å². The second-order valence-corrected chi connectivity index (χ2v) is 4.03. The van der Waals surface area contributed by atoms with Gasteiger partial charge < -0.3 is 14.9 Å². The van der Waals surface area contributed by atoms with Gasteiger partial charge in [0.2, 0.25) is 0 Å². The van der Waals surface area contributed by atoms with Crippen LogP contribution < -0.4 is 4.74 Å². The van der Waals surface area contributed by atoms with Crippen molar-refractivity contribution in [2.24, 2.45) is 0 Å². The van der Waals surface area contributed by atoms with E-state index in [1.54, 1.807) is 0 Å². The van der Waals surface area contributed by atoms with Crippen molar-refractivity contribution in [3.05, 3.63) is 29.3 Å². The maximum atomic E-state index is 13.4. The fraction of sp³-hybridized carbons (Fsp3) is 0.538. The van der Waals surface area contributed by atoms with Crippen LogP contribution in [0.3, 0.4) is 0 Å². The topological polar surface area (TPSA) is 49.7 Å². The third kappa shape index (κ3) is 4.58. The summed E-state index contributed by atoms with van der Waals surface area (Å²) in [4.78, 5) is 0. The van der Waals surface area contributed by atoms with Crippen LogP contribution in [0, 0.1) is 11.6 Å². The predicted molar refractivity (Wildman–Crippen MR) is 63.3 cm³/mol. The molecule has 0 aliphatic carbocycles. The zero-order valence-corrected chi connectivity index (χ0v) is 10.2. The number of ether oxygens (including phenoxy) is 1. The molecule has 1 aromatic rings. The predicted octanol–water partition coefficient (Wildman–Crippen LogP) is 2.39. The van der Waals surface area contributed by atoms with Gasteiger partial charge in [-0.1, -0.05) is 6.42 Å². The highest BCUT2D eigenvalue weighted by molar-refractivity contribution is 5.31. The quantitative estimate of drug-likeness (QED) is 0.706. The normalized spacial score (nSPS) is 10.7. The molecule has 0 radical (unpaired) electrons. The lowest BCUT2D eigenvalue weighted by molar-refractivity contribution is 0.260. The van der Waals surface area contributed by atoms with Gasteiger partial charge >= 0.3 is 0 Å². The van der Waals surface area contributed by atoms with Crippen molar-refractivity contribution in [3.8, 4) is 5.75 Å². The van der Waals surface area contributed by atoms with Gasteiger partial charge in [0.15, 0.2) is 17.4 Å². The van der Waals surface area contributed by atoms with E-state index in [2.05, 4.69) is 0 Å². The first-order chi connectivity index (χ1) is 8.69. The SMILES string of the molecule is OCCCCCCOc1c(F)cc(CO)cc1F. The minimum Gasteiger partial charge on any atom is -0.488 e. The molecule has 0 aliphatic heterocycles. The Morgan fingerprint density at radius 3 is 2.11 bits per heavy atom. The van der Waals surface area contributed by atoms with E-state index in [-0.39, 0.29) is 18.8 Å². The summed E-state index contributed by atoms with van der Waals surface area (Å²) < 4.78 is 31.9. The van der Waals surface area contributed by atoms with Crippen LogP contribution in [0.2, 0.25) is 0 Å². The highest BCUT2D eigenvalue weighted by Gasteiger charge is 2.12. The highest BCUT2D eigenvalue weighted by Crippen LogP contribution is 2.23. The van der Waals surface area contributed by atoms with Crippen LogP contribution in [0.5, 0.6) is 5.75 Å². The first kappa shape index (κ1) is 14.9. The average molecular weight is 260 g/mol. The van der Waals surface area contributed by atoms with Crippen molar-refractivity contribution in [1.29, 1.82) is 0 Å². The van der Waals surface area contributed by atoms with Crippen LogP contribution in [0.1, 0.15) is 31.2 Å². The summed E-state index contributed by atoms with van der Waals surface area (Å²) in [6, 6.07) is 2.12. The van der Waals surface area contributed by atoms with Crippen molar-refractivity contribution in [1.82, 2.24) is 0 Å². The molecule has 0 heterocycles. The zero-order chi connectivity index (χ0) is 13.4. The summed E-state index contributed by atoms with van der Waals surface area (Å²) in [5, 5.41) is 17.4. The molecule has 18 heavy (non-hydrogen) atoms. The number of halogens is 2. The number of aliphatic hydroxyl groups excluding tert-OH is 2. The lowest BCUT2D eigenvalue weighted by atomic mass is 10.2. The number of aliphatic hydroxyl groups is 2. The Bertz CT molecular complexity index is 346. The van der Waals surface area contributed by atoms with Gasteiger partial charge in [0.25, 0.3) is 0 Å². The Morgan fingerprint density at radius 1 is 0.944 bits per heavy atom. The molecule has 0 fully saturated rings. The average Bonchev–Trinajstić information content (AvgIpc) is 2.35. The zero-order valence-electron chi connectivity index (χ0n) is 10.2. The van der Waals surface area contributed by atoms with Gasteiger partial charge in [-0.3, -0.25) is 0 Å². The van der Waals surface area contributed by atoms with Gasteiger partial charge in [-0.05, 0) is 37.0 Å². The van der Waals surface area contributed by atoms with Crippen LogP contribution in [0.25, 0.3) is 0 Å². The maximum absolute atomic E-state index is 13.4. The van der Waals surface area contributed by atoms with E-state index in [1.165, 1.54) is 0 Å². The molecule has 2 N–H and O–H groups in total. The molecule has 5 heteroatoms. The Morgan fingerprint density at radius 2 is 1.56 bits per heavy atom. The smallest absolute Gasteiger partial charge is 0.190 e. The van der Waals surface area contributed by atoms with Gasteiger partial charge in [0.05, 0.1) is 13.2 Å². The molecule has 102 valence electrons. The number of hydrogen-bond donors (Lipinski definition) is 2. The fourth-order valence-corrected chi connectivity index (χ4v) is 1.58. The first-order valence-electron chi connectivity index (χ1n) is 6.01. The van der Waals surface area contributed by atoms with Gasteiger partial charge in [-0.15, -0.1) is 0 Å². The van der Waals surface area contributed by atoms with E-state index in [0.717, 1.165) is 31.4 Å². The number of benzene rings is 1. The molecule has 0 amide bonds. The monoisotopic (exact) mass is 260 g/mol. The third-order valence-electron chi connectivity index (χ3n) is 2.54. The molecule has 0 saturated heterocycles. The summed E-state index contributed by atoms with van der Waals surface area (Å²) in [5.41, 5.74) is 0.181. The van der Waals surface area contributed by atoms with Crippen LogP contribution in [0.4, 0.5) is 8.78 Å². The summed E-state index contributed by atoms with van der Waals surface area (Å²) in [6.45, 7) is -0.0141. The third-order valence-corrected chi connectivity index (χ3v) is 2.54. The van der Waals surface area contributed by atoms with E-state index < -0.39 is 24.0 Å². The summed E-state index contributed by atoms with van der Waals surface area (Å²) in [6.07, 6.45) is 3.13. The molecule has 0 spiro atoms. The molecule has 0 aromatic heterocycles. The lowest BCUT2D eigenvalue weighted by Crippen LogP contribution is -2.03. The Balaban J connectivity index is 2.42. The molecule has 0 bridgehead atoms. The van der Waals surface area contributed by atoms with E-state index in [9.17, 15) is 8.78 Å². The second kappa shape index (κ2) is 8.00. The van der Waals surface area contributed by atoms with Crippen LogP contribution in [-0.2, 0) is 6.61 Å². The van der Waals surface area contributed by atoms with Gasteiger partial charge in [-0.25, -0.2) is 8.78 Å². The standard InChI is InChI=1S/C13H18F2O3/c14-11-7-10(9-17)8-12(15)13(11)18-6-4-2-1-3-5-16/h7-8,16-17H,1-6,9H2. The number of unbranched alkanes of at least 4 members (excludes halogenated alkanes) is 3. The summed E-state index contributed by atoms with van der Waals surface area (Å²) >= 11 is 0. The van der Waals surface area contributed by atoms with Crippen molar-refractivity contribution in [2.75, 3.05) is 13.2 Å². The van der Waals surface area contributed by atoms with Gasteiger partial charge in [0, 0.05) is 6.61 Å². The molecule has 0 atom stereocenters. The lowest BCUT2D eigenvalue weighted by Gasteiger charge is -2.09. The van der Waals surface area contributed by atoms with Crippen molar-refractivity contribution < 1.29 is 23.7 Å². The largest absolute Gasteiger partial charge is 0.488 e. The van der Waals surface area contributed by atoms with Crippen LogP contribution in [0.15, 0.2) is 12.1 Å². The molecule has 0 aliphatic rings. The van der Waals surface area contributed by atoms with Crippen LogP contribution in [-0.4, -0.2) is 23.4 Å². The van der Waals surface area contributed by atoms with Crippen LogP contribution >= 0.6 is 0 Å². The molecule has 1 aromatic carbocycles. The van der Waals surface area contributed by atoms with E-state index >= 15 is 0 Å². The number of rotatable bonds is 8. The second-order valence-electron chi connectivity index (χ2n) is 4.03. The minimum absolute atomic E-state index is 0.159. The highest BCUT2D eigenvalue weighted by atomic mass is 19.1. The minimum atomic E-state index is -0.797. The van der Waals surface area contributed by atoms with Crippen molar-refractivity contribution >= 4 is 0 Å². The fourth-order valence-electron chi connectivity index (χ4n) is 1.58. The molecule has 0 unspecified atom stereocenters. The summed E-state index contributed by atoms with van der Waals surface area (Å²) in [5.74, 6) is -1.99. The molecule has 3 nitrogen and oxygen atoms in total. The Hall–Kier alpha value is -1.20. The van der Waals surface area contributed by atoms with E-state index in [1.807, 2.05) is 0 Å². The Kier molecular flexibility index (Phi) is 6.60. The summed E-state index contributed by atoms with van der Waals surface area (Å²) in [7, 11) is 0. The molecule has 0 saturated carbocycles. The molecule has 1 rings (SSSR count). The van der Waals surface area contributed by atoms with Crippen molar-refractivity contribution in [3.63, 3.8) is 0 Å². The van der Waals surface area contributed by atoms with Crippen molar-refractivity contribution in [2.45, 2.75) is 32.3 Å². The van der Waals surface area contributed by atoms with E-state index in [0.29, 0.717) is 6.42 Å².